The van der Waals surface area contributed by atoms with E-state index in [0.29, 0.717) is 0 Å². The maximum Gasteiger partial charge on any atom is 0.0355 e. The first kappa shape index (κ1) is 43.0. The van der Waals surface area contributed by atoms with Crippen LogP contribution in [0.4, 0.5) is 0 Å². The zero-order chi connectivity index (χ0) is 48.3. The van der Waals surface area contributed by atoms with E-state index in [2.05, 4.69) is 252 Å². The molecule has 2 aliphatic rings. The molecule has 0 saturated carbocycles. The average Bonchev–Trinajstić information content (AvgIpc) is 3.99. The molecule has 1 heterocycles. The van der Waals surface area contributed by atoms with Crippen LogP contribution in [0.1, 0.15) is 79.0 Å². The van der Waals surface area contributed by atoms with Gasteiger partial charge in [0.05, 0.1) is 0 Å². The van der Waals surface area contributed by atoms with Crippen LogP contribution in [-0.2, 0) is 17.3 Å². The SMILES string of the molecule is CC1(C)c2cc(CCC(c3ccc(-c4cc5ccccc5c5ccccc45)cc3)c3ccc4c(c3)C(C)(C)c3cc(-c5ccccc5)ccc3-4)ccc2-c2ccc(-c3ccc4sc5ccccc5c4c3)cc21. The summed E-state index contributed by atoms with van der Waals surface area (Å²) >= 11 is 1.88. The summed E-state index contributed by atoms with van der Waals surface area (Å²) in [6, 6.07) is 85.4. The predicted octanol–water partition coefficient (Wildman–Crippen LogP) is 19.7. The van der Waals surface area contributed by atoms with Crippen molar-refractivity contribution in [2.45, 2.75) is 57.3 Å². The van der Waals surface area contributed by atoms with Gasteiger partial charge in [0.1, 0.15) is 0 Å². The van der Waals surface area contributed by atoms with E-state index >= 15 is 0 Å². The monoisotopic (exact) mass is 938 g/mol. The minimum Gasteiger partial charge on any atom is -0.135 e. The lowest BCUT2D eigenvalue weighted by atomic mass is 9.78. The molecule has 2 aliphatic carbocycles. The Morgan fingerprint density at radius 1 is 0.333 bits per heavy atom. The van der Waals surface area contributed by atoms with E-state index < -0.39 is 0 Å². The summed E-state index contributed by atoms with van der Waals surface area (Å²) in [7, 11) is 0. The lowest BCUT2D eigenvalue weighted by Crippen LogP contribution is -2.16. The number of aryl methyl sites for hydroxylation is 1. The topological polar surface area (TPSA) is 0 Å². The van der Waals surface area contributed by atoms with Crippen molar-refractivity contribution in [3.05, 3.63) is 263 Å². The van der Waals surface area contributed by atoms with Gasteiger partial charge in [-0.3, -0.25) is 0 Å². The van der Waals surface area contributed by atoms with Crippen LogP contribution in [0.15, 0.2) is 224 Å². The fraction of sp³-hybridized carbons (Fsp3) is 0.127. The lowest BCUT2D eigenvalue weighted by Gasteiger charge is -2.25. The summed E-state index contributed by atoms with van der Waals surface area (Å²) in [6.07, 6.45) is 1.97. The molecule has 0 aliphatic heterocycles. The molecule has 11 aromatic carbocycles. The molecule has 1 atom stereocenters. The van der Waals surface area contributed by atoms with Gasteiger partial charge in [0.25, 0.3) is 0 Å². The smallest absolute Gasteiger partial charge is 0.0355 e. The molecule has 12 aromatic rings. The number of thiophene rings is 1. The van der Waals surface area contributed by atoms with E-state index in [4.69, 9.17) is 0 Å². The maximum atomic E-state index is 2.56. The summed E-state index contributed by atoms with van der Waals surface area (Å²) < 4.78 is 2.69. The number of hydrogen-bond donors (Lipinski definition) is 0. The normalized spacial score (nSPS) is 14.4. The maximum absolute atomic E-state index is 2.56. The van der Waals surface area contributed by atoms with E-state index in [-0.39, 0.29) is 16.7 Å². The first-order valence-corrected chi connectivity index (χ1v) is 26.5. The van der Waals surface area contributed by atoms with Crippen molar-refractivity contribution in [3.63, 3.8) is 0 Å². The Bertz CT molecular complexity index is 4140. The third kappa shape index (κ3) is 6.78. The van der Waals surface area contributed by atoms with Gasteiger partial charge in [0.15, 0.2) is 0 Å². The molecular formula is C71H54S. The van der Waals surface area contributed by atoms with Gasteiger partial charge in [0, 0.05) is 36.9 Å². The molecule has 0 amide bonds. The first-order valence-electron chi connectivity index (χ1n) is 25.7. The van der Waals surface area contributed by atoms with Crippen LogP contribution < -0.4 is 0 Å². The number of benzene rings is 11. The van der Waals surface area contributed by atoms with E-state index in [1.807, 2.05) is 11.3 Å². The fourth-order valence-electron chi connectivity index (χ4n) is 12.8. The van der Waals surface area contributed by atoms with Crippen molar-refractivity contribution >= 4 is 53.1 Å². The Morgan fingerprint density at radius 3 is 1.58 bits per heavy atom. The van der Waals surface area contributed by atoms with Crippen molar-refractivity contribution in [3.8, 4) is 55.6 Å². The van der Waals surface area contributed by atoms with Crippen molar-refractivity contribution in [1.29, 1.82) is 0 Å². The molecular weight excluding hydrogens is 885 g/mol. The second kappa shape index (κ2) is 16.4. The van der Waals surface area contributed by atoms with Crippen LogP contribution in [0.3, 0.4) is 0 Å². The largest absolute Gasteiger partial charge is 0.135 e. The minimum absolute atomic E-state index is 0.126. The van der Waals surface area contributed by atoms with Gasteiger partial charge >= 0.3 is 0 Å². The summed E-state index contributed by atoms with van der Waals surface area (Å²) in [6.45, 7) is 9.70. The minimum atomic E-state index is -0.136. The zero-order valence-electron chi connectivity index (χ0n) is 41.3. The lowest BCUT2D eigenvalue weighted by molar-refractivity contribution is 0.652. The molecule has 1 unspecified atom stereocenters. The van der Waals surface area contributed by atoms with E-state index in [0.717, 1.165) is 12.8 Å². The molecule has 0 spiro atoms. The second-order valence-electron chi connectivity index (χ2n) is 21.5. The quantitative estimate of drug-likeness (QED) is 0.133. The predicted molar refractivity (Wildman–Crippen MR) is 309 cm³/mol. The Hall–Kier alpha value is -7.84. The van der Waals surface area contributed by atoms with Crippen LogP contribution in [0.2, 0.25) is 0 Å². The van der Waals surface area contributed by atoms with Gasteiger partial charge in [-0.25, -0.2) is 0 Å². The molecule has 0 nitrogen and oxygen atoms in total. The average molecular weight is 939 g/mol. The molecule has 0 saturated heterocycles. The van der Waals surface area contributed by atoms with Crippen LogP contribution in [0.25, 0.3) is 97.4 Å². The summed E-state index contributed by atoms with van der Waals surface area (Å²) in [4.78, 5) is 0. The summed E-state index contributed by atoms with van der Waals surface area (Å²) in [5, 5.41) is 7.87. The highest BCUT2D eigenvalue weighted by Gasteiger charge is 2.38. The highest BCUT2D eigenvalue weighted by Crippen LogP contribution is 2.53. The van der Waals surface area contributed by atoms with Crippen LogP contribution in [0.5, 0.6) is 0 Å². The van der Waals surface area contributed by atoms with Crippen molar-refractivity contribution < 1.29 is 0 Å². The number of fused-ring (bicyclic) bond motifs is 12. The molecule has 0 fully saturated rings. The molecule has 14 rings (SSSR count). The van der Waals surface area contributed by atoms with Crippen LogP contribution in [-0.4, -0.2) is 0 Å². The van der Waals surface area contributed by atoms with E-state index in [1.165, 1.54) is 136 Å². The fourth-order valence-corrected chi connectivity index (χ4v) is 13.9. The molecule has 0 N–H and O–H groups in total. The number of hydrogen-bond acceptors (Lipinski definition) is 1. The van der Waals surface area contributed by atoms with E-state index in [9.17, 15) is 0 Å². The van der Waals surface area contributed by atoms with Crippen LogP contribution >= 0.6 is 11.3 Å². The Morgan fingerprint density at radius 2 is 0.847 bits per heavy atom. The molecule has 1 aromatic heterocycles. The van der Waals surface area contributed by atoms with Crippen molar-refractivity contribution in [1.82, 2.24) is 0 Å². The zero-order valence-corrected chi connectivity index (χ0v) is 42.1. The number of rotatable bonds is 8. The third-order valence-corrected chi connectivity index (χ3v) is 17.9. The molecule has 1 heteroatoms. The van der Waals surface area contributed by atoms with Gasteiger partial charge in [0.2, 0.25) is 0 Å². The van der Waals surface area contributed by atoms with Crippen LogP contribution in [0, 0.1) is 0 Å². The highest BCUT2D eigenvalue weighted by molar-refractivity contribution is 7.25. The Labute approximate surface area is 426 Å². The van der Waals surface area contributed by atoms with Gasteiger partial charge < -0.3 is 0 Å². The van der Waals surface area contributed by atoms with Gasteiger partial charge in [-0.2, -0.15) is 0 Å². The molecule has 72 heavy (non-hydrogen) atoms. The van der Waals surface area contributed by atoms with Gasteiger partial charge in [-0.1, -0.05) is 216 Å². The highest BCUT2D eigenvalue weighted by atomic mass is 32.1. The first-order chi connectivity index (χ1) is 35.2. The third-order valence-electron chi connectivity index (χ3n) is 16.8. The standard InChI is InChI=1S/C71H54S/c1-70(2)64-38-44(23-33-57(64)58-35-29-50(42-66(58)70)48-31-37-69-63(39-48)61-20-12-13-21-68(61)72-69)22-32-53(46-24-26-47(27-25-46)62-40-51-16-8-9-17-54(51)55-18-10-11-19-56(55)62)52-30-36-60-59-34-28-49(45-14-6-5-7-15-45)41-65(59)71(3,4)67(60)43-52/h5-21,23-31,33-43,53H,22,32H2,1-4H3. The van der Waals surface area contributed by atoms with Crippen molar-refractivity contribution in [2.24, 2.45) is 0 Å². The molecule has 0 bridgehead atoms. The van der Waals surface area contributed by atoms with Gasteiger partial charge in [-0.15, -0.1) is 11.3 Å². The van der Waals surface area contributed by atoms with Crippen molar-refractivity contribution in [2.75, 3.05) is 0 Å². The second-order valence-corrected chi connectivity index (χ2v) is 22.6. The Kier molecular flexibility index (Phi) is 9.76. The Balaban J connectivity index is 0.814. The van der Waals surface area contributed by atoms with E-state index in [1.54, 1.807) is 0 Å². The van der Waals surface area contributed by atoms with Gasteiger partial charge in [-0.05, 0) is 165 Å². The summed E-state index contributed by atoms with van der Waals surface area (Å²) in [5.41, 5.74) is 22.6. The molecule has 344 valence electrons. The molecule has 0 radical (unpaired) electrons. The summed E-state index contributed by atoms with van der Waals surface area (Å²) in [5.74, 6) is 0.204.